The van der Waals surface area contributed by atoms with E-state index in [4.69, 9.17) is 5.73 Å². The number of nitrogens with zero attached hydrogens (tertiary/aromatic N) is 2. The standard InChI is InChI=1S/C14H27N3/c1-3-4-5-6-7-8-9-17-12-14(11-16-17)10-13(2)15/h11-13H,3-10,15H2,1-2H3. The molecule has 0 saturated carbocycles. The highest BCUT2D eigenvalue weighted by molar-refractivity contribution is 5.05. The van der Waals surface area contributed by atoms with Gasteiger partial charge in [-0.15, -0.1) is 0 Å². The molecule has 0 fully saturated rings. The Morgan fingerprint density at radius 2 is 1.94 bits per heavy atom. The summed E-state index contributed by atoms with van der Waals surface area (Å²) in [7, 11) is 0. The predicted molar refractivity (Wildman–Crippen MR) is 73.0 cm³/mol. The van der Waals surface area contributed by atoms with Crippen molar-refractivity contribution in [3.05, 3.63) is 18.0 Å². The molecule has 98 valence electrons. The molecule has 0 aliphatic rings. The molecule has 1 heterocycles. The van der Waals surface area contributed by atoms with Crippen LogP contribution in [-0.4, -0.2) is 15.8 Å². The maximum Gasteiger partial charge on any atom is 0.0522 e. The van der Waals surface area contributed by atoms with E-state index < -0.39 is 0 Å². The van der Waals surface area contributed by atoms with Gasteiger partial charge in [0.25, 0.3) is 0 Å². The van der Waals surface area contributed by atoms with Crippen molar-refractivity contribution in [3.8, 4) is 0 Å². The van der Waals surface area contributed by atoms with Crippen LogP contribution in [0.2, 0.25) is 0 Å². The monoisotopic (exact) mass is 237 g/mol. The van der Waals surface area contributed by atoms with Gasteiger partial charge in [0.1, 0.15) is 0 Å². The van der Waals surface area contributed by atoms with Crippen molar-refractivity contribution >= 4 is 0 Å². The molecule has 1 aromatic rings. The zero-order valence-corrected chi connectivity index (χ0v) is 11.4. The third-order valence-electron chi connectivity index (χ3n) is 2.99. The van der Waals surface area contributed by atoms with Crippen LogP contribution in [0.25, 0.3) is 0 Å². The summed E-state index contributed by atoms with van der Waals surface area (Å²) in [5.41, 5.74) is 7.02. The van der Waals surface area contributed by atoms with Gasteiger partial charge in [0.15, 0.2) is 0 Å². The first-order valence-corrected chi connectivity index (χ1v) is 6.99. The van der Waals surface area contributed by atoms with Crippen LogP contribution in [0.4, 0.5) is 0 Å². The number of unbranched alkanes of at least 4 members (excludes halogenated alkanes) is 5. The Morgan fingerprint density at radius 1 is 1.24 bits per heavy atom. The lowest BCUT2D eigenvalue weighted by molar-refractivity contribution is 0.527. The van der Waals surface area contributed by atoms with Crippen molar-refractivity contribution in [2.24, 2.45) is 5.73 Å². The molecule has 0 spiro atoms. The number of aromatic nitrogens is 2. The molecule has 3 heteroatoms. The van der Waals surface area contributed by atoms with E-state index in [1.807, 2.05) is 13.1 Å². The van der Waals surface area contributed by atoms with Gasteiger partial charge in [0, 0.05) is 18.8 Å². The molecule has 0 aliphatic carbocycles. The Bertz CT molecular complexity index is 291. The minimum absolute atomic E-state index is 0.224. The van der Waals surface area contributed by atoms with Crippen LogP contribution < -0.4 is 5.73 Å². The lowest BCUT2D eigenvalue weighted by Gasteiger charge is -2.02. The minimum Gasteiger partial charge on any atom is -0.328 e. The van der Waals surface area contributed by atoms with Gasteiger partial charge in [-0.05, 0) is 25.3 Å². The van der Waals surface area contributed by atoms with Gasteiger partial charge in [-0.2, -0.15) is 5.10 Å². The number of hydrogen-bond acceptors (Lipinski definition) is 2. The van der Waals surface area contributed by atoms with E-state index in [2.05, 4.69) is 22.9 Å². The SMILES string of the molecule is CCCCCCCCn1cc(CC(C)N)cn1. The van der Waals surface area contributed by atoms with E-state index in [-0.39, 0.29) is 6.04 Å². The van der Waals surface area contributed by atoms with Gasteiger partial charge in [-0.1, -0.05) is 39.0 Å². The zero-order chi connectivity index (χ0) is 12.5. The van der Waals surface area contributed by atoms with Crippen molar-refractivity contribution in [3.63, 3.8) is 0 Å². The van der Waals surface area contributed by atoms with Gasteiger partial charge < -0.3 is 5.73 Å². The number of aryl methyl sites for hydroxylation is 1. The molecule has 1 aromatic heterocycles. The highest BCUT2D eigenvalue weighted by atomic mass is 15.3. The van der Waals surface area contributed by atoms with Gasteiger partial charge in [-0.25, -0.2) is 0 Å². The van der Waals surface area contributed by atoms with Crippen LogP contribution in [0.3, 0.4) is 0 Å². The molecule has 17 heavy (non-hydrogen) atoms. The molecule has 0 bridgehead atoms. The van der Waals surface area contributed by atoms with Crippen molar-refractivity contribution in [2.45, 2.75) is 71.4 Å². The summed E-state index contributed by atoms with van der Waals surface area (Å²) in [6.45, 7) is 5.33. The van der Waals surface area contributed by atoms with Crippen LogP contribution in [0.5, 0.6) is 0 Å². The van der Waals surface area contributed by atoms with Crippen molar-refractivity contribution in [1.82, 2.24) is 9.78 Å². The molecule has 3 nitrogen and oxygen atoms in total. The lowest BCUT2D eigenvalue weighted by atomic mass is 10.1. The Morgan fingerprint density at radius 3 is 2.65 bits per heavy atom. The molecule has 0 saturated heterocycles. The molecule has 1 unspecified atom stereocenters. The molecule has 0 amide bonds. The summed E-state index contributed by atoms with van der Waals surface area (Å²) < 4.78 is 2.05. The van der Waals surface area contributed by atoms with Crippen LogP contribution in [0.1, 0.15) is 57.9 Å². The Labute approximate surface area is 105 Å². The number of hydrogen-bond donors (Lipinski definition) is 1. The molecule has 0 aromatic carbocycles. The van der Waals surface area contributed by atoms with E-state index in [1.165, 1.54) is 44.1 Å². The molecular weight excluding hydrogens is 210 g/mol. The average Bonchev–Trinajstić information content (AvgIpc) is 2.70. The average molecular weight is 237 g/mol. The Balaban J connectivity index is 2.12. The molecule has 1 atom stereocenters. The molecule has 0 aliphatic heterocycles. The fourth-order valence-electron chi connectivity index (χ4n) is 2.06. The second-order valence-corrected chi connectivity index (χ2v) is 5.06. The van der Waals surface area contributed by atoms with Crippen molar-refractivity contribution in [2.75, 3.05) is 0 Å². The quantitative estimate of drug-likeness (QED) is 0.671. The highest BCUT2D eigenvalue weighted by Gasteiger charge is 2.01. The third kappa shape index (κ3) is 6.47. The smallest absolute Gasteiger partial charge is 0.0522 e. The fraction of sp³-hybridized carbons (Fsp3) is 0.786. The number of nitrogens with two attached hydrogens (primary N) is 1. The van der Waals surface area contributed by atoms with Gasteiger partial charge >= 0.3 is 0 Å². The second-order valence-electron chi connectivity index (χ2n) is 5.06. The van der Waals surface area contributed by atoms with Crippen LogP contribution in [0.15, 0.2) is 12.4 Å². The Hall–Kier alpha value is -0.830. The molecule has 0 radical (unpaired) electrons. The van der Waals surface area contributed by atoms with Crippen molar-refractivity contribution in [1.29, 1.82) is 0 Å². The maximum absolute atomic E-state index is 5.76. The summed E-state index contributed by atoms with van der Waals surface area (Å²) >= 11 is 0. The fourth-order valence-corrected chi connectivity index (χ4v) is 2.06. The summed E-state index contributed by atoms with van der Waals surface area (Å²) in [4.78, 5) is 0. The predicted octanol–water partition coefficient (Wildman–Crippen LogP) is 3.13. The lowest BCUT2D eigenvalue weighted by Crippen LogP contribution is -2.17. The molecular formula is C14H27N3. The van der Waals surface area contributed by atoms with E-state index >= 15 is 0 Å². The Kier molecular flexibility index (Phi) is 6.94. The summed E-state index contributed by atoms with van der Waals surface area (Å²) in [6.07, 6.45) is 13.0. The van der Waals surface area contributed by atoms with E-state index in [0.717, 1.165) is 13.0 Å². The van der Waals surface area contributed by atoms with Crippen molar-refractivity contribution < 1.29 is 0 Å². The molecule has 1 rings (SSSR count). The van der Waals surface area contributed by atoms with Gasteiger partial charge in [0.2, 0.25) is 0 Å². The van der Waals surface area contributed by atoms with Crippen LogP contribution in [-0.2, 0) is 13.0 Å². The second kappa shape index (κ2) is 8.29. The first-order valence-electron chi connectivity index (χ1n) is 6.99. The van der Waals surface area contributed by atoms with E-state index in [1.54, 1.807) is 0 Å². The normalized spacial score (nSPS) is 12.9. The maximum atomic E-state index is 5.76. The van der Waals surface area contributed by atoms with E-state index in [9.17, 15) is 0 Å². The highest BCUT2D eigenvalue weighted by Crippen LogP contribution is 2.07. The topological polar surface area (TPSA) is 43.8 Å². The van der Waals surface area contributed by atoms with Gasteiger partial charge in [-0.3, -0.25) is 4.68 Å². The largest absolute Gasteiger partial charge is 0.328 e. The summed E-state index contributed by atoms with van der Waals surface area (Å²) in [5.74, 6) is 0. The van der Waals surface area contributed by atoms with Gasteiger partial charge in [0.05, 0.1) is 6.20 Å². The summed E-state index contributed by atoms with van der Waals surface area (Å²) in [5, 5.41) is 4.36. The first kappa shape index (κ1) is 14.2. The first-order chi connectivity index (χ1) is 8.22. The van der Waals surface area contributed by atoms with Crippen LogP contribution >= 0.6 is 0 Å². The van der Waals surface area contributed by atoms with Crippen LogP contribution in [0, 0.1) is 0 Å². The van der Waals surface area contributed by atoms with E-state index in [0.29, 0.717) is 0 Å². The molecule has 2 N–H and O–H groups in total. The minimum atomic E-state index is 0.224. The third-order valence-corrected chi connectivity index (χ3v) is 2.99. The zero-order valence-electron chi connectivity index (χ0n) is 11.4. The number of rotatable bonds is 9. The summed E-state index contributed by atoms with van der Waals surface area (Å²) in [6, 6.07) is 0.224.